The third-order valence-electron chi connectivity index (χ3n) is 2.90. The minimum absolute atomic E-state index is 0.0249. The molecule has 2 rings (SSSR count). The molecule has 1 atom stereocenters. The van der Waals surface area contributed by atoms with E-state index in [4.69, 9.17) is 9.15 Å². The Kier molecular flexibility index (Phi) is 3.97. The first-order valence-corrected chi connectivity index (χ1v) is 6.13. The highest BCUT2D eigenvalue weighted by atomic mass is 16.5. The fourth-order valence-electron chi connectivity index (χ4n) is 1.95. The van der Waals surface area contributed by atoms with E-state index in [-0.39, 0.29) is 5.78 Å². The molecule has 4 heteroatoms. The van der Waals surface area contributed by atoms with Gasteiger partial charge in [0.15, 0.2) is 11.9 Å². The van der Waals surface area contributed by atoms with Crippen molar-refractivity contribution < 1.29 is 18.7 Å². The van der Waals surface area contributed by atoms with Crippen molar-refractivity contribution in [2.24, 2.45) is 0 Å². The summed E-state index contributed by atoms with van der Waals surface area (Å²) < 4.78 is 10.4. The first-order valence-electron chi connectivity index (χ1n) is 6.13. The lowest BCUT2D eigenvalue weighted by Gasteiger charge is -2.19. The zero-order valence-electron chi connectivity index (χ0n) is 10.3. The van der Waals surface area contributed by atoms with E-state index in [1.54, 1.807) is 12.1 Å². The van der Waals surface area contributed by atoms with Crippen LogP contribution in [0.15, 0.2) is 22.6 Å². The molecule has 4 nitrogen and oxygen atoms in total. The van der Waals surface area contributed by atoms with Crippen LogP contribution >= 0.6 is 0 Å². The number of carbonyl (C=O) groups is 2. The van der Waals surface area contributed by atoms with Gasteiger partial charge in [0, 0.05) is 12.5 Å². The van der Waals surface area contributed by atoms with E-state index >= 15 is 0 Å². The van der Waals surface area contributed by atoms with Gasteiger partial charge in [-0.1, -0.05) is 0 Å². The molecule has 0 bridgehead atoms. The van der Waals surface area contributed by atoms with Crippen LogP contribution in [0.2, 0.25) is 0 Å². The second-order valence-electron chi connectivity index (χ2n) is 4.42. The Morgan fingerprint density at radius 1 is 1.44 bits per heavy atom. The van der Waals surface area contributed by atoms with Crippen LogP contribution in [0.3, 0.4) is 0 Å². The highest BCUT2D eigenvalue weighted by Gasteiger charge is 2.24. The average Bonchev–Trinajstić information content (AvgIpc) is 2.76. The second-order valence-corrected chi connectivity index (χ2v) is 4.42. The summed E-state index contributed by atoms with van der Waals surface area (Å²) in [4.78, 5) is 23.0. The number of carbonyl (C=O) groups excluding carboxylic acids is 2. The lowest BCUT2D eigenvalue weighted by atomic mass is 9.96. The standard InChI is InChI=1S/C14H16O4/c1-10-6-7-11(17-10)8-9-14(16)18-13-5-3-2-4-12(13)15/h6-9,13H,2-5H2,1H3. The van der Waals surface area contributed by atoms with Crippen LogP contribution < -0.4 is 0 Å². The van der Waals surface area contributed by atoms with Crippen molar-refractivity contribution >= 4 is 17.8 Å². The van der Waals surface area contributed by atoms with E-state index in [1.807, 2.05) is 13.0 Å². The first-order chi connectivity index (χ1) is 8.65. The van der Waals surface area contributed by atoms with Gasteiger partial charge < -0.3 is 9.15 Å². The van der Waals surface area contributed by atoms with Gasteiger partial charge in [-0.2, -0.15) is 0 Å². The number of Topliss-reactive ketones (excluding diaryl/α,β-unsaturated/α-hetero) is 1. The molecule has 0 amide bonds. The van der Waals surface area contributed by atoms with Gasteiger partial charge in [-0.3, -0.25) is 4.79 Å². The van der Waals surface area contributed by atoms with E-state index in [9.17, 15) is 9.59 Å². The Balaban J connectivity index is 1.88. The molecule has 0 radical (unpaired) electrons. The van der Waals surface area contributed by atoms with Gasteiger partial charge in [0.2, 0.25) is 0 Å². The molecule has 0 saturated heterocycles. The zero-order valence-corrected chi connectivity index (χ0v) is 10.3. The van der Waals surface area contributed by atoms with Crippen molar-refractivity contribution in [3.63, 3.8) is 0 Å². The number of hydrogen-bond donors (Lipinski definition) is 0. The second kappa shape index (κ2) is 5.67. The van der Waals surface area contributed by atoms with Crippen LogP contribution in [-0.4, -0.2) is 17.9 Å². The summed E-state index contributed by atoms with van der Waals surface area (Å²) in [7, 11) is 0. The molecule has 1 aromatic rings. The molecular formula is C14H16O4. The molecule has 96 valence electrons. The SMILES string of the molecule is Cc1ccc(C=CC(=O)OC2CCCCC2=O)o1. The van der Waals surface area contributed by atoms with Gasteiger partial charge in [0.05, 0.1) is 0 Å². The predicted octanol–water partition coefficient (Wildman–Crippen LogP) is 2.66. The number of furan rings is 1. The summed E-state index contributed by atoms with van der Waals surface area (Å²) in [5, 5.41) is 0. The van der Waals surface area contributed by atoms with Crippen LogP contribution in [0.1, 0.15) is 37.2 Å². The van der Waals surface area contributed by atoms with Gasteiger partial charge in [-0.05, 0) is 44.4 Å². The molecule has 1 aliphatic carbocycles. The van der Waals surface area contributed by atoms with Crippen molar-refractivity contribution in [1.82, 2.24) is 0 Å². The quantitative estimate of drug-likeness (QED) is 0.609. The molecule has 0 aromatic carbocycles. The number of aryl methyl sites for hydroxylation is 1. The van der Waals surface area contributed by atoms with Crippen molar-refractivity contribution in [2.45, 2.75) is 38.7 Å². The summed E-state index contributed by atoms with van der Waals surface area (Å²) in [6.45, 7) is 1.83. The fraction of sp³-hybridized carbons (Fsp3) is 0.429. The van der Waals surface area contributed by atoms with Gasteiger partial charge >= 0.3 is 5.97 Å². The summed E-state index contributed by atoms with van der Waals surface area (Å²) in [6, 6.07) is 3.58. The van der Waals surface area contributed by atoms with Crippen molar-refractivity contribution in [1.29, 1.82) is 0 Å². The van der Waals surface area contributed by atoms with Gasteiger partial charge in [0.1, 0.15) is 11.5 Å². The summed E-state index contributed by atoms with van der Waals surface area (Å²) in [5.41, 5.74) is 0. The van der Waals surface area contributed by atoms with Crippen molar-refractivity contribution in [3.05, 3.63) is 29.7 Å². The third-order valence-corrected chi connectivity index (χ3v) is 2.90. The monoisotopic (exact) mass is 248 g/mol. The minimum atomic E-state index is -0.561. The van der Waals surface area contributed by atoms with Crippen LogP contribution in [-0.2, 0) is 14.3 Å². The fourth-order valence-corrected chi connectivity index (χ4v) is 1.95. The van der Waals surface area contributed by atoms with Crippen LogP contribution in [0, 0.1) is 6.92 Å². The molecule has 1 aliphatic rings. The highest BCUT2D eigenvalue weighted by Crippen LogP contribution is 2.17. The molecule has 1 fully saturated rings. The normalized spacial score (nSPS) is 20.3. The lowest BCUT2D eigenvalue weighted by Crippen LogP contribution is -2.29. The largest absolute Gasteiger partial charge is 0.462 e. The topological polar surface area (TPSA) is 56.5 Å². The zero-order chi connectivity index (χ0) is 13.0. The number of ether oxygens (including phenoxy) is 1. The maximum atomic E-state index is 11.5. The maximum Gasteiger partial charge on any atom is 0.331 e. The van der Waals surface area contributed by atoms with Crippen LogP contribution in [0.5, 0.6) is 0 Å². The molecule has 1 saturated carbocycles. The van der Waals surface area contributed by atoms with E-state index in [0.29, 0.717) is 18.6 Å². The highest BCUT2D eigenvalue weighted by molar-refractivity contribution is 5.91. The third kappa shape index (κ3) is 3.32. The van der Waals surface area contributed by atoms with Gasteiger partial charge in [0.25, 0.3) is 0 Å². The predicted molar refractivity (Wildman–Crippen MR) is 65.8 cm³/mol. The minimum Gasteiger partial charge on any atom is -0.462 e. The van der Waals surface area contributed by atoms with Crippen molar-refractivity contribution in [3.8, 4) is 0 Å². The summed E-state index contributed by atoms with van der Waals surface area (Å²) in [6.07, 6.45) is 5.26. The van der Waals surface area contributed by atoms with Gasteiger partial charge in [-0.25, -0.2) is 4.79 Å². The molecule has 0 N–H and O–H groups in total. The average molecular weight is 248 g/mol. The molecular weight excluding hydrogens is 232 g/mol. The molecule has 1 heterocycles. The van der Waals surface area contributed by atoms with E-state index in [0.717, 1.165) is 18.6 Å². The first kappa shape index (κ1) is 12.6. The number of ketones is 1. The molecule has 1 unspecified atom stereocenters. The van der Waals surface area contributed by atoms with E-state index in [1.165, 1.54) is 6.08 Å². The van der Waals surface area contributed by atoms with Crippen LogP contribution in [0.4, 0.5) is 0 Å². The lowest BCUT2D eigenvalue weighted by molar-refractivity contribution is -0.152. The number of rotatable bonds is 3. The van der Waals surface area contributed by atoms with Gasteiger partial charge in [-0.15, -0.1) is 0 Å². The number of hydrogen-bond acceptors (Lipinski definition) is 4. The van der Waals surface area contributed by atoms with E-state index in [2.05, 4.69) is 0 Å². The van der Waals surface area contributed by atoms with Crippen molar-refractivity contribution in [2.75, 3.05) is 0 Å². The smallest absolute Gasteiger partial charge is 0.331 e. The Morgan fingerprint density at radius 3 is 2.94 bits per heavy atom. The molecule has 18 heavy (non-hydrogen) atoms. The molecule has 1 aromatic heterocycles. The molecule has 0 spiro atoms. The Labute approximate surface area is 106 Å². The molecule has 0 aliphatic heterocycles. The Hall–Kier alpha value is -1.84. The maximum absolute atomic E-state index is 11.5. The van der Waals surface area contributed by atoms with Crippen LogP contribution in [0.25, 0.3) is 6.08 Å². The Morgan fingerprint density at radius 2 is 2.28 bits per heavy atom. The summed E-state index contributed by atoms with van der Waals surface area (Å²) >= 11 is 0. The van der Waals surface area contributed by atoms with E-state index < -0.39 is 12.1 Å². The summed E-state index contributed by atoms with van der Waals surface area (Å²) in [5.74, 6) is 0.908. The Bertz CT molecular complexity index is 470. The number of esters is 1.